The molecule has 102 valence electrons. The molecule has 6 heteroatoms. The maximum Gasteiger partial charge on any atom is 0.0754 e. The molecule has 0 spiro atoms. The van der Waals surface area contributed by atoms with Crippen molar-refractivity contribution >= 4 is 45.4 Å². The number of hydrazone groups is 1. The van der Waals surface area contributed by atoms with E-state index in [-0.39, 0.29) is 5.56 Å². The first-order chi connectivity index (χ1) is 9.58. The summed E-state index contributed by atoms with van der Waals surface area (Å²) < 4.78 is 0.903. The maximum absolute atomic E-state index is 10.8. The first-order valence-electron chi connectivity index (χ1n) is 5.62. The lowest BCUT2D eigenvalue weighted by Crippen LogP contribution is -2.22. The van der Waals surface area contributed by atoms with Gasteiger partial charge in [-0.25, -0.2) is 0 Å². The van der Waals surface area contributed by atoms with Crippen molar-refractivity contribution in [2.24, 2.45) is 5.10 Å². The molecule has 0 aliphatic rings. The molecular formula is C14H9BrClN2O2-. The molecule has 0 fully saturated rings. The van der Waals surface area contributed by atoms with Crippen LogP contribution in [0.2, 0.25) is 5.02 Å². The molecule has 0 aliphatic heterocycles. The molecule has 0 amide bonds. The molecule has 0 unspecified atom stereocenters. The van der Waals surface area contributed by atoms with E-state index >= 15 is 0 Å². The van der Waals surface area contributed by atoms with Crippen LogP contribution in [0.3, 0.4) is 0 Å². The Morgan fingerprint density at radius 2 is 2.05 bits per heavy atom. The Kier molecular flexibility index (Phi) is 4.76. The van der Waals surface area contributed by atoms with Crippen molar-refractivity contribution in [1.29, 1.82) is 0 Å². The summed E-state index contributed by atoms with van der Waals surface area (Å²) in [7, 11) is 0. The van der Waals surface area contributed by atoms with Crippen molar-refractivity contribution in [2.75, 3.05) is 5.43 Å². The van der Waals surface area contributed by atoms with Crippen molar-refractivity contribution in [1.82, 2.24) is 0 Å². The van der Waals surface area contributed by atoms with Gasteiger partial charge in [-0.1, -0.05) is 51.8 Å². The predicted octanol–water partition coefficient (Wildman–Crippen LogP) is 2.91. The molecule has 0 radical (unpaired) electrons. The number of anilines is 1. The number of carbonyl (C=O) groups is 1. The van der Waals surface area contributed by atoms with E-state index < -0.39 is 5.97 Å². The summed E-state index contributed by atoms with van der Waals surface area (Å²) in [6, 6.07) is 11.8. The van der Waals surface area contributed by atoms with Gasteiger partial charge in [0.2, 0.25) is 0 Å². The van der Waals surface area contributed by atoms with Crippen LogP contribution in [0.25, 0.3) is 0 Å². The fraction of sp³-hybridized carbons (Fsp3) is 0. The van der Waals surface area contributed by atoms with Crippen LogP contribution in [0.1, 0.15) is 15.9 Å². The van der Waals surface area contributed by atoms with Crippen LogP contribution in [-0.2, 0) is 0 Å². The molecule has 4 nitrogen and oxygen atoms in total. The molecule has 0 aromatic heterocycles. The SMILES string of the molecule is O=C([O-])c1ccc(Cl)c(N/N=C\c2ccccc2Br)c1. The van der Waals surface area contributed by atoms with Gasteiger partial charge in [-0.2, -0.15) is 5.10 Å². The lowest BCUT2D eigenvalue weighted by Gasteiger charge is -2.07. The minimum Gasteiger partial charge on any atom is -0.545 e. The van der Waals surface area contributed by atoms with Crippen molar-refractivity contribution in [3.63, 3.8) is 0 Å². The van der Waals surface area contributed by atoms with Gasteiger partial charge >= 0.3 is 0 Å². The molecule has 1 N–H and O–H groups in total. The van der Waals surface area contributed by atoms with Crippen LogP contribution in [0.4, 0.5) is 5.69 Å². The van der Waals surface area contributed by atoms with Gasteiger partial charge in [0.1, 0.15) is 0 Å². The van der Waals surface area contributed by atoms with Gasteiger partial charge in [0.15, 0.2) is 0 Å². The molecule has 2 rings (SSSR count). The second-order valence-electron chi connectivity index (χ2n) is 3.87. The molecule has 0 atom stereocenters. The number of nitrogens with one attached hydrogen (secondary N) is 1. The summed E-state index contributed by atoms with van der Waals surface area (Å²) in [5.74, 6) is -1.26. The Balaban J connectivity index is 2.17. The zero-order chi connectivity index (χ0) is 14.5. The number of carboxylic acids is 1. The Morgan fingerprint density at radius 3 is 2.75 bits per heavy atom. The number of halogens is 2. The monoisotopic (exact) mass is 351 g/mol. The summed E-state index contributed by atoms with van der Waals surface area (Å²) in [6.45, 7) is 0. The number of rotatable bonds is 4. The Hall–Kier alpha value is -1.85. The largest absolute Gasteiger partial charge is 0.545 e. The van der Waals surface area contributed by atoms with Crippen LogP contribution in [0.5, 0.6) is 0 Å². The highest BCUT2D eigenvalue weighted by Crippen LogP contribution is 2.23. The highest BCUT2D eigenvalue weighted by atomic mass is 79.9. The quantitative estimate of drug-likeness (QED) is 0.680. The van der Waals surface area contributed by atoms with Crippen LogP contribution in [0, 0.1) is 0 Å². The second-order valence-corrected chi connectivity index (χ2v) is 5.14. The van der Waals surface area contributed by atoms with Gasteiger partial charge in [-0.3, -0.25) is 5.43 Å². The molecule has 0 saturated heterocycles. The predicted molar refractivity (Wildman–Crippen MR) is 81.1 cm³/mol. The number of hydrogen-bond acceptors (Lipinski definition) is 4. The van der Waals surface area contributed by atoms with Crippen LogP contribution >= 0.6 is 27.5 Å². The van der Waals surface area contributed by atoms with Gasteiger partial charge in [0.25, 0.3) is 0 Å². The molecule has 20 heavy (non-hydrogen) atoms. The zero-order valence-corrected chi connectivity index (χ0v) is 12.5. The number of carbonyl (C=O) groups excluding carboxylic acids is 1. The Bertz CT molecular complexity index is 674. The van der Waals surface area contributed by atoms with Gasteiger partial charge in [-0.05, 0) is 23.8 Å². The number of benzene rings is 2. The fourth-order valence-electron chi connectivity index (χ4n) is 1.49. The highest BCUT2D eigenvalue weighted by molar-refractivity contribution is 9.10. The lowest BCUT2D eigenvalue weighted by atomic mass is 10.2. The molecule has 2 aromatic rings. The van der Waals surface area contributed by atoms with E-state index in [1.165, 1.54) is 18.2 Å². The van der Waals surface area contributed by atoms with Gasteiger partial charge < -0.3 is 9.90 Å². The van der Waals surface area contributed by atoms with Crippen LogP contribution in [0.15, 0.2) is 52.0 Å². The van der Waals surface area contributed by atoms with Crippen LogP contribution in [-0.4, -0.2) is 12.2 Å². The van der Waals surface area contributed by atoms with E-state index in [1.54, 1.807) is 6.21 Å². The number of aromatic carboxylic acids is 1. The van der Waals surface area contributed by atoms with Gasteiger partial charge in [-0.15, -0.1) is 0 Å². The third kappa shape index (κ3) is 3.59. The van der Waals surface area contributed by atoms with E-state index in [2.05, 4.69) is 26.5 Å². The smallest absolute Gasteiger partial charge is 0.0754 e. The molecule has 0 saturated carbocycles. The Morgan fingerprint density at radius 1 is 1.30 bits per heavy atom. The minimum atomic E-state index is -1.26. The summed E-state index contributed by atoms with van der Waals surface area (Å²) in [4.78, 5) is 10.8. The standard InChI is InChI=1S/C14H10BrClN2O2/c15-11-4-2-1-3-10(11)8-17-18-13-7-9(14(19)20)5-6-12(13)16/h1-8,18H,(H,19,20)/p-1/b17-8-. The lowest BCUT2D eigenvalue weighted by molar-refractivity contribution is -0.255. The summed E-state index contributed by atoms with van der Waals surface area (Å²) in [6.07, 6.45) is 1.60. The van der Waals surface area contributed by atoms with Gasteiger partial charge in [0.05, 0.1) is 22.9 Å². The summed E-state index contributed by atoms with van der Waals surface area (Å²) in [5, 5.41) is 15.2. The molecule has 0 aliphatic carbocycles. The third-order valence-electron chi connectivity index (χ3n) is 2.50. The molecule has 2 aromatic carbocycles. The average molecular weight is 353 g/mol. The first-order valence-corrected chi connectivity index (χ1v) is 6.79. The zero-order valence-electron chi connectivity index (χ0n) is 10.1. The van der Waals surface area contributed by atoms with E-state index in [0.29, 0.717) is 10.7 Å². The van der Waals surface area contributed by atoms with E-state index in [9.17, 15) is 9.90 Å². The molecule has 0 bridgehead atoms. The maximum atomic E-state index is 10.8. The Labute approximate surface area is 129 Å². The molecular weight excluding hydrogens is 344 g/mol. The summed E-state index contributed by atoms with van der Waals surface area (Å²) >= 11 is 9.35. The highest BCUT2D eigenvalue weighted by Gasteiger charge is 2.02. The summed E-state index contributed by atoms with van der Waals surface area (Å²) in [5.41, 5.74) is 4.03. The van der Waals surface area contributed by atoms with E-state index in [1.807, 2.05) is 24.3 Å². The second kappa shape index (κ2) is 6.54. The van der Waals surface area contributed by atoms with E-state index in [4.69, 9.17) is 11.6 Å². The van der Waals surface area contributed by atoms with Crippen molar-refractivity contribution < 1.29 is 9.90 Å². The average Bonchev–Trinajstić information content (AvgIpc) is 2.42. The third-order valence-corrected chi connectivity index (χ3v) is 3.55. The number of hydrogen-bond donors (Lipinski definition) is 1. The van der Waals surface area contributed by atoms with Crippen molar-refractivity contribution in [2.45, 2.75) is 0 Å². The van der Waals surface area contributed by atoms with E-state index in [0.717, 1.165) is 10.0 Å². The minimum absolute atomic E-state index is 0.0352. The normalized spacial score (nSPS) is 10.7. The van der Waals surface area contributed by atoms with Crippen molar-refractivity contribution in [3.8, 4) is 0 Å². The van der Waals surface area contributed by atoms with Crippen molar-refractivity contribution in [3.05, 3.63) is 63.1 Å². The topological polar surface area (TPSA) is 64.5 Å². The number of carboxylic acid groups (broad SMARTS) is 1. The first kappa shape index (κ1) is 14.6. The van der Waals surface area contributed by atoms with Gasteiger partial charge in [0, 0.05) is 10.0 Å². The molecule has 0 heterocycles. The van der Waals surface area contributed by atoms with Crippen LogP contribution < -0.4 is 10.5 Å². The number of nitrogens with zero attached hydrogens (tertiary/aromatic N) is 1. The fourth-order valence-corrected chi connectivity index (χ4v) is 2.04.